The highest BCUT2D eigenvalue weighted by atomic mass is 19.2. The lowest BCUT2D eigenvalue weighted by molar-refractivity contribution is -0.137. The van der Waals surface area contributed by atoms with Gasteiger partial charge in [0.05, 0.1) is 18.3 Å². The first kappa shape index (κ1) is 14.6. The van der Waals surface area contributed by atoms with Crippen LogP contribution in [-0.4, -0.2) is 26.8 Å². The minimum atomic E-state index is -1.07. The Kier molecular flexibility index (Phi) is 4.27. The summed E-state index contributed by atoms with van der Waals surface area (Å²) in [4.78, 5) is 22.2. The van der Waals surface area contributed by atoms with Crippen molar-refractivity contribution < 1.29 is 23.5 Å². The van der Waals surface area contributed by atoms with Crippen LogP contribution >= 0.6 is 0 Å². The van der Waals surface area contributed by atoms with Crippen LogP contribution in [-0.2, 0) is 22.6 Å². The fourth-order valence-electron chi connectivity index (χ4n) is 1.72. The molecule has 0 unspecified atom stereocenters. The van der Waals surface area contributed by atoms with E-state index in [9.17, 15) is 18.4 Å². The number of carbonyl (C=O) groups is 2. The Morgan fingerprint density at radius 1 is 1.33 bits per heavy atom. The maximum Gasteiger partial charge on any atom is 0.325 e. The smallest absolute Gasteiger partial charge is 0.325 e. The molecule has 1 aromatic heterocycles. The van der Waals surface area contributed by atoms with E-state index in [1.165, 1.54) is 24.5 Å². The molecule has 1 aromatic carbocycles. The lowest BCUT2D eigenvalue weighted by Gasteiger charge is -2.04. The molecule has 110 valence electrons. The lowest BCUT2D eigenvalue weighted by atomic mass is 10.1. The van der Waals surface area contributed by atoms with Gasteiger partial charge >= 0.3 is 5.97 Å². The number of hydrogen-bond donors (Lipinski definition) is 2. The van der Waals surface area contributed by atoms with Crippen LogP contribution in [0, 0.1) is 11.6 Å². The van der Waals surface area contributed by atoms with Gasteiger partial charge in [0.2, 0.25) is 5.91 Å². The van der Waals surface area contributed by atoms with E-state index in [-0.39, 0.29) is 24.2 Å². The van der Waals surface area contributed by atoms with Crippen LogP contribution in [0.25, 0.3) is 0 Å². The van der Waals surface area contributed by atoms with E-state index in [1.807, 2.05) is 0 Å². The highest BCUT2D eigenvalue weighted by molar-refractivity contribution is 5.92. The zero-order valence-electron chi connectivity index (χ0n) is 10.7. The normalized spacial score (nSPS) is 10.4. The van der Waals surface area contributed by atoms with E-state index in [0.29, 0.717) is 0 Å². The Morgan fingerprint density at radius 2 is 2.10 bits per heavy atom. The van der Waals surface area contributed by atoms with Crippen molar-refractivity contribution in [2.24, 2.45) is 0 Å². The standard InChI is InChI=1S/C13H11F2N3O3/c14-10-3-1-2-8(13(10)15)4-11(19)17-9-5-16-18(6-9)7-12(20)21/h1-3,5-6H,4,7H2,(H,17,19)(H,20,21). The number of aromatic nitrogens is 2. The third-order valence-electron chi connectivity index (χ3n) is 2.60. The highest BCUT2D eigenvalue weighted by Gasteiger charge is 2.12. The molecular formula is C13H11F2N3O3. The summed E-state index contributed by atoms with van der Waals surface area (Å²) >= 11 is 0. The van der Waals surface area contributed by atoms with E-state index >= 15 is 0 Å². The summed E-state index contributed by atoms with van der Waals surface area (Å²) in [5.41, 5.74) is 0.212. The number of carbonyl (C=O) groups excluding carboxylic acids is 1. The number of halogens is 2. The zero-order valence-corrected chi connectivity index (χ0v) is 10.7. The van der Waals surface area contributed by atoms with Gasteiger partial charge in [0.25, 0.3) is 0 Å². The molecular weight excluding hydrogens is 284 g/mol. The molecule has 0 radical (unpaired) electrons. The quantitative estimate of drug-likeness (QED) is 0.874. The number of amides is 1. The van der Waals surface area contributed by atoms with Crippen molar-refractivity contribution in [3.63, 3.8) is 0 Å². The van der Waals surface area contributed by atoms with Crippen molar-refractivity contribution in [3.05, 3.63) is 47.8 Å². The summed E-state index contributed by atoms with van der Waals surface area (Å²) in [5.74, 6) is -3.71. The number of anilines is 1. The van der Waals surface area contributed by atoms with Gasteiger partial charge in [-0.15, -0.1) is 0 Å². The van der Waals surface area contributed by atoms with E-state index < -0.39 is 23.5 Å². The van der Waals surface area contributed by atoms with Crippen LogP contribution < -0.4 is 5.32 Å². The SMILES string of the molecule is O=C(O)Cn1cc(NC(=O)Cc2cccc(F)c2F)cn1. The predicted molar refractivity (Wildman–Crippen MR) is 68.6 cm³/mol. The van der Waals surface area contributed by atoms with Gasteiger partial charge in [0.1, 0.15) is 6.54 Å². The molecule has 0 aliphatic carbocycles. The van der Waals surface area contributed by atoms with Crippen molar-refractivity contribution in [3.8, 4) is 0 Å². The monoisotopic (exact) mass is 295 g/mol. The molecule has 8 heteroatoms. The van der Waals surface area contributed by atoms with Crippen molar-refractivity contribution >= 4 is 17.6 Å². The number of rotatable bonds is 5. The molecule has 0 saturated heterocycles. The van der Waals surface area contributed by atoms with Crippen molar-refractivity contribution in [2.75, 3.05) is 5.32 Å². The second-order valence-corrected chi connectivity index (χ2v) is 4.26. The van der Waals surface area contributed by atoms with E-state index in [1.54, 1.807) is 0 Å². The van der Waals surface area contributed by atoms with Gasteiger partial charge < -0.3 is 10.4 Å². The summed E-state index contributed by atoms with van der Waals surface area (Å²) in [7, 11) is 0. The Labute approximate surface area is 118 Å². The van der Waals surface area contributed by atoms with Gasteiger partial charge in [-0.1, -0.05) is 12.1 Å². The minimum Gasteiger partial charge on any atom is -0.480 e. The zero-order chi connectivity index (χ0) is 15.4. The van der Waals surface area contributed by atoms with Crippen LogP contribution in [0.2, 0.25) is 0 Å². The topological polar surface area (TPSA) is 84.2 Å². The molecule has 2 N–H and O–H groups in total. The molecule has 0 aliphatic heterocycles. The molecule has 0 bridgehead atoms. The van der Waals surface area contributed by atoms with Gasteiger partial charge in [0.15, 0.2) is 11.6 Å². The van der Waals surface area contributed by atoms with Gasteiger partial charge in [-0.3, -0.25) is 14.3 Å². The molecule has 0 saturated carbocycles. The molecule has 0 spiro atoms. The highest BCUT2D eigenvalue weighted by Crippen LogP contribution is 2.13. The summed E-state index contributed by atoms with van der Waals surface area (Å²) in [6.07, 6.45) is 2.25. The van der Waals surface area contributed by atoms with Crippen LogP contribution in [0.1, 0.15) is 5.56 Å². The number of aliphatic carboxylic acids is 1. The second-order valence-electron chi connectivity index (χ2n) is 4.26. The third-order valence-corrected chi connectivity index (χ3v) is 2.60. The molecule has 21 heavy (non-hydrogen) atoms. The molecule has 6 nitrogen and oxygen atoms in total. The fourth-order valence-corrected chi connectivity index (χ4v) is 1.72. The van der Waals surface area contributed by atoms with Crippen molar-refractivity contribution in [1.82, 2.24) is 9.78 Å². The second kappa shape index (κ2) is 6.12. The van der Waals surface area contributed by atoms with Crippen LogP contribution in [0.15, 0.2) is 30.6 Å². The van der Waals surface area contributed by atoms with Crippen molar-refractivity contribution in [1.29, 1.82) is 0 Å². The third kappa shape index (κ3) is 3.85. The van der Waals surface area contributed by atoms with Gasteiger partial charge in [-0.25, -0.2) is 8.78 Å². The van der Waals surface area contributed by atoms with Gasteiger partial charge in [-0.2, -0.15) is 5.10 Å². The minimum absolute atomic E-state index is 0.0644. The number of nitrogens with one attached hydrogen (secondary N) is 1. The average Bonchev–Trinajstić information content (AvgIpc) is 2.81. The fraction of sp³-hybridized carbons (Fsp3) is 0.154. The summed E-state index contributed by atoms with van der Waals surface area (Å²) in [6.45, 7) is -0.339. The largest absolute Gasteiger partial charge is 0.480 e. The van der Waals surface area contributed by atoms with Gasteiger partial charge in [0, 0.05) is 11.8 Å². The molecule has 1 heterocycles. The van der Waals surface area contributed by atoms with Crippen molar-refractivity contribution in [2.45, 2.75) is 13.0 Å². The summed E-state index contributed by atoms with van der Waals surface area (Å²) in [5, 5.41) is 14.7. The molecule has 1 amide bonds. The molecule has 2 aromatic rings. The number of carboxylic acids is 1. The molecule has 0 atom stereocenters. The summed E-state index contributed by atoms with van der Waals surface area (Å²) in [6, 6.07) is 3.59. The number of carboxylic acid groups (broad SMARTS) is 1. The first-order valence-electron chi connectivity index (χ1n) is 5.92. The first-order valence-corrected chi connectivity index (χ1v) is 5.92. The predicted octanol–water partition coefficient (Wildman–Crippen LogP) is 1.43. The van der Waals surface area contributed by atoms with E-state index in [2.05, 4.69) is 10.4 Å². The van der Waals surface area contributed by atoms with Gasteiger partial charge in [-0.05, 0) is 6.07 Å². The lowest BCUT2D eigenvalue weighted by Crippen LogP contribution is -2.15. The molecule has 0 aliphatic rings. The molecule has 2 rings (SSSR count). The Hall–Kier alpha value is -2.77. The number of benzene rings is 1. The number of hydrogen-bond acceptors (Lipinski definition) is 3. The summed E-state index contributed by atoms with van der Waals surface area (Å²) < 4.78 is 27.5. The Bertz CT molecular complexity index is 685. The van der Waals surface area contributed by atoms with Crippen LogP contribution in [0.3, 0.4) is 0 Å². The van der Waals surface area contributed by atoms with E-state index in [4.69, 9.17) is 5.11 Å². The maximum absolute atomic E-state index is 13.4. The van der Waals surface area contributed by atoms with Crippen LogP contribution in [0.5, 0.6) is 0 Å². The average molecular weight is 295 g/mol. The first-order chi connectivity index (χ1) is 9.95. The van der Waals surface area contributed by atoms with E-state index in [0.717, 1.165) is 10.7 Å². The Balaban J connectivity index is 2.00. The molecule has 0 fully saturated rings. The maximum atomic E-state index is 13.4. The number of nitrogens with zero attached hydrogens (tertiary/aromatic N) is 2. The Morgan fingerprint density at radius 3 is 2.81 bits per heavy atom. The van der Waals surface area contributed by atoms with Crippen LogP contribution in [0.4, 0.5) is 14.5 Å².